The molecule has 1 saturated heterocycles. The number of ether oxygens (including phenoxy) is 1. The molecule has 1 saturated carbocycles. The number of primary amides is 1. The van der Waals surface area contributed by atoms with Crippen molar-refractivity contribution in [1.82, 2.24) is 19.5 Å². The largest absolute Gasteiger partial charge is 0.381 e. The number of anilines is 3. The lowest BCUT2D eigenvalue weighted by Crippen LogP contribution is -2.29. The summed E-state index contributed by atoms with van der Waals surface area (Å²) in [6.45, 7) is 3.29. The molecule has 4 N–H and O–H groups in total. The minimum absolute atomic E-state index is 0.0565. The van der Waals surface area contributed by atoms with E-state index in [-0.39, 0.29) is 29.7 Å². The lowest BCUT2D eigenvalue weighted by atomic mass is 9.85. The first-order valence-electron chi connectivity index (χ1n) is 11.9. The average molecular weight is 468 g/mol. The summed E-state index contributed by atoms with van der Waals surface area (Å²) in [5.74, 6) is 0.350. The van der Waals surface area contributed by atoms with Crippen LogP contribution in [0.1, 0.15) is 50.1 Å². The number of amides is 1. The molecular weight excluding hydrogens is 437 g/mol. The number of para-hydroxylation sites is 1. The van der Waals surface area contributed by atoms with Gasteiger partial charge in [0.05, 0.1) is 11.9 Å². The van der Waals surface area contributed by atoms with Crippen molar-refractivity contribution in [2.45, 2.75) is 57.5 Å². The number of fused-ring (bicyclic) bond motifs is 1. The summed E-state index contributed by atoms with van der Waals surface area (Å²) in [5.41, 5.74) is 8.03. The van der Waals surface area contributed by atoms with Crippen LogP contribution in [0.4, 0.5) is 22.0 Å². The standard InChI is InChI=1S/C24H30FN7O2/c1-14-3-2-4-18(25)20(14)30-24-29-19-13-27-23(28-16-9-11-34-12-10-16)31-22(19)32(24)17-7-5-15(6-8-17)21(26)33/h2-4,13,15-17H,5-12H2,1H3,(H2,26,33)(H,29,30)(H,27,28,31)/t15-,17-. The van der Waals surface area contributed by atoms with Gasteiger partial charge in [-0.05, 0) is 57.1 Å². The van der Waals surface area contributed by atoms with Crippen LogP contribution in [-0.2, 0) is 9.53 Å². The molecule has 0 bridgehead atoms. The zero-order chi connectivity index (χ0) is 23.7. The summed E-state index contributed by atoms with van der Waals surface area (Å²) in [6, 6.07) is 5.28. The molecule has 0 spiro atoms. The maximum absolute atomic E-state index is 14.6. The number of hydrogen-bond donors (Lipinski definition) is 3. The van der Waals surface area contributed by atoms with E-state index in [2.05, 4.69) is 15.6 Å². The van der Waals surface area contributed by atoms with Crippen LogP contribution in [0.3, 0.4) is 0 Å². The molecule has 1 aromatic carbocycles. The van der Waals surface area contributed by atoms with Crippen molar-refractivity contribution >= 4 is 34.7 Å². The zero-order valence-corrected chi connectivity index (χ0v) is 19.3. The van der Waals surface area contributed by atoms with Crippen molar-refractivity contribution in [2.24, 2.45) is 11.7 Å². The monoisotopic (exact) mass is 467 g/mol. The summed E-state index contributed by atoms with van der Waals surface area (Å²) in [6.07, 6.45) is 6.43. The van der Waals surface area contributed by atoms with Gasteiger partial charge in [0.15, 0.2) is 5.65 Å². The summed E-state index contributed by atoms with van der Waals surface area (Å²) in [7, 11) is 0. The van der Waals surface area contributed by atoms with Gasteiger partial charge < -0.3 is 21.1 Å². The average Bonchev–Trinajstić information content (AvgIpc) is 3.19. The second kappa shape index (κ2) is 9.54. The number of carbonyl (C=O) groups is 1. The van der Waals surface area contributed by atoms with Crippen LogP contribution >= 0.6 is 0 Å². The third-order valence-corrected chi connectivity index (χ3v) is 6.91. The van der Waals surface area contributed by atoms with E-state index in [1.165, 1.54) is 6.07 Å². The normalized spacial score (nSPS) is 21.5. The predicted octanol–water partition coefficient (Wildman–Crippen LogP) is 3.82. The van der Waals surface area contributed by atoms with Gasteiger partial charge in [0.1, 0.15) is 11.3 Å². The number of carbonyl (C=O) groups excluding carboxylic acids is 1. The van der Waals surface area contributed by atoms with Crippen LogP contribution in [0.2, 0.25) is 0 Å². The maximum Gasteiger partial charge on any atom is 0.224 e. The Balaban J connectivity index is 1.52. The highest BCUT2D eigenvalue weighted by Gasteiger charge is 2.29. The molecule has 180 valence electrons. The summed E-state index contributed by atoms with van der Waals surface area (Å²) < 4.78 is 22.1. The Hall–Kier alpha value is -3.27. The molecule has 0 atom stereocenters. The first-order valence-corrected chi connectivity index (χ1v) is 11.9. The van der Waals surface area contributed by atoms with Crippen molar-refractivity contribution < 1.29 is 13.9 Å². The lowest BCUT2D eigenvalue weighted by molar-refractivity contribution is -0.122. The number of nitrogens with two attached hydrogens (primary N) is 1. The van der Waals surface area contributed by atoms with Crippen molar-refractivity contribution in [2.75, 3.05) is 23.8 Å². The molecule has 0 unspecified atom stereocenters. The zero-order valence-electron chi connectivity index (χ0n) is 19.3. The molecule has 2 aromatic heterocycles. The minimum Gasteiger partial charge on any atom is -0.381 e. The van der Waals surface area contributed by atoms with Gasteiger partial charge in [-0.2, -0.15) is 4.98 Å². The van der Waals surface area contributed by atoms with Crippen molar-refractivity contribution in [3.05, 3.63) is 35.8 Å². The van der Waals surface area contributed by atoms with Gasteiger partial charge >= 0.3 is 0 Å². The van der Waals surface area contributed by atoms with Crippen LogP contribution in [0.15, 0.2) is 24.4 Å². The quantitative estimate of drug-likeness (QED) is 0.504. The molecule has 5 rings (SSSR count). The Morgan fingerprint density at radius 2 is 1.91 bits per heavy atom. The van der Waals surface area contributed by atoms with Crippen molar-refractivity contribution in [1.29, 1.82) is 0 Å². The maximum atomic E-state index is 14.6. The van der Waals surface area contributed by atoms with E-state index in [4.69, 9.17) is 20.4 Å². The smallest absolute Gasteiger partial charge is 0.224 e. The molecule has 34 heavy (non-hydrogen) atoms. The van der Waals surface area contributed by atoms with Crippen LogP contribution in [0.25, 0.3) is 11.2 Å². The number of aromatic nitrogens is 4. The Bertz CT molecular complexity index is 1160. The fourth-order valence-corrected chi connectivity index (χ4v) is 4.94. The van der Waals surface area contributed by atoms with E-state index in [1.807, 2.05) is 17.6 Å². The number of hydrogen-bond acceptors (Lipinski definition) is 7. The third kappa shape index (κ3) is 4.54. The van der Waals surface area contributed by atoms with Gasteiger partial charge in [0.25, 0.3) is 0 Å². The van der Waals surface area contributed by atoms with Gasteiger partial charge in [0, 0.05) is 31.2 Å². The molecule has 10 heteroatoms. The number of nitrogens with one attached hydrogen (secondary N) is 2. The minimum atomic E-state index is -0.344. The molecule has 3 aromatic rings. The van der Waals surface area contributed by atoms with Crippen LogP contribution in [-0.4, -0.2) is 44.7 Å². The highest BCUT2D eigenvalue weighted by Crippen LogP contribution is 2.37. The second-order valence-corrected chi connectivity index (χ2v) is 9.20. The number of halogens is 1. The number of aryl methyl sites for hydroxylation is 1. The first kappa shape index (κ1) is 22.5. The highest BCUT2D eigenvalue weighted by atomic mass is 19.1. The molecule has 1 aliphatic carbocycles. The molecule has 1 aliphatic heterocycles. The summed E-state index contributed by atoms with van der Waals surface area (Å²) in [4.78, 5) is 25.7. The molecule has 1 amide bonds. The molecule has 9 nitrogen and oxygen atoms in total. The van der Waals surface area contributed by atoms with Crippen molar-refractivity contribution in [3.8, 4) is 0 Å². The predicted molar refractivity (Wildman–Crippen MR) is 127 cm³/mol. The number of benzene rings is 1. The van der Waals surface area contributed by atoms with E-state index >= 15 is 0 Å². The van der Waals surface area contributed by atoms with E-state index in [0.29, 0.717) is 41.6 Å². The molecular formula is C24H30FN7O2. The Morgan fingerprint density at radius 3 is 2.62 bits per heavy atom. The van der Waals surface area contributed by atoms with Gasteiger partial charge in [-0.1, -0.05) is 12.1 Å². The van der Waals surface area contributed by atoms with Gasteiger partial charge in [-0.15, -0.1) is 0 Å². The van der Waals surface area contributed by atoms with E-state index in [0.717, 1.165) is 44.5 Å². The summed E-state index contributed by atoms with van der Waals surface area (Å²) in [5, 5.41) is 6.63. The molecule has 2 aliphatic rings. The van der Waals surface area contributed by atoms with E-state index in [1.54, 1.807) is 12.3 Å². The highest BCUT2D eigenvalue weighted by molar-refractivity contribution is 5.78. The van der Waals surface area contributed by atoms with E-state index < -0.39 is 0 Å². The Labute approximate surface area is 197 Å². The van der Waals surface area contributed by atoms with Crippen LogP contribution in [0, 0.1) is 18.7 Å². The van der Waals surface area contributed by atoms with Gasteiger partial charge in [0.2, 0.25) is 17.8 Å². The second-order valence-electron chi connectivity index (χ2n) is 9.20. The fourth-order valence-electron chi connectivity index (χ4n) is 4.94. The Kier molecular flexibility index (Phi) is 6.32. The number of rotatable bonds is 6. The summed E-state index contributed by atoms with van der Waals surface area (Å²) >= 11 is 0. The van der Waals surface area contributed by atoms with E-state index in [9.17, 15) is 9.18 Å². The third-order valence-electron chi connectivity index (χ3n) is 6.91. The number of nitrogens with zero attached hydrogens (tertiary/aromatic N) is 4. The molecule has 0 radical (unpaired) electrons. The van der Waals surface area contributed by atoms with Crippen LogP contribution < -0.4 is 16.4 Å². The SMILES string of the molecule is Cc1cccc(F)c1Nc1nc2cnc(NC3CCOCC3)nc2n1[C@H]1CC[C@H](C(N)=O)CC1. The first-order chi connectivity index (χ1) is 16.5. The van der Waals surface area contributed by atoms with Crippen molar-refractivity contribution in [3.63, 3.8) is 0 Å². The molecule has 3 heterocycles. The van der Waals surface area contributed by atoms with Gasteiger partial charge in [-0.3, -0.25) is 9.36 Å². The van der Waals surface area contributed by atoms with Crippen LogP contribution in [0.5, 0.6) is 0 Å². The molecule has 2 fully saturated rings. The number of imidazole rings is 1. The fraction of sp³-hybridized carbons (Fsp3) is 0.500. The Morgan fingerprint density at radius 1 is 1.15 bits per heavy atom. The lowest BCUT2D eigenvalue weighted by Gasteiger charge is -2.29. The van der Waals surface area contributed by atoms with Gasteiger partial charge in [-0.25, -0.2) is 14.4 Å². The topological polar surface area (TPSA) is 120 Å².